The van der Waals surface area contributed by atoms with E-state index in [0.717, 1.165) is 0 Å². The summed E-state index contributed by atoms with van der Waals surface area (Å²) in [6, 6.07) is 11.7. The summed E-state index contributed by atoms with van der Waals surface area (Å²) >= 11 is 12.3. The number of hydrogen-bond acceptors (Lipinski definition) is 6. The van der Waals surface area contributed by atoms with Crippen molar-refractivity contribution < 1.29 is 28.6 Å². The van der Waals surface area contributed by atoms with Crippen molar-refractivity contribution >= 4 is 46.3 Å². The minimum absolute atomic E-state index is 0.130. The van der Waals surface area contributed by atoms with Crippen LogP contribution in [-0.4, -0.2) is 31.0 Å². The van der Waals surface area contributed by atoms with E-state index in [9.17, 15) is 14.7 Å². The summed E-state index contributed by atoms with van der Waals surface area (Å²) in [6.45, 7) is 1.74. The number of rotatable bonds is 5. The highest BCUT2D eigenvalue weighted by atomic mass is 35.5. The van der Waals surface area contributed by atoms with Crippen LogP contribution in [0.3, 0.4) is 0 Å². The van der Waals surface area contributed by atoms with Gasteiger partial charge in [-0.15, -0.1) is 0 Å². The van der Waals surface area contributed by atoms with Crippen molar-refractivity contribution in [3.8, 4) is 11.5 Å². The largest absolute Gasteiger partial charge is 0.507 e. The molecular formula is C24H19Cl2NO6. The van der Waals surface area contributed by atoms with E-state index in [1.165, 1.54) is 31.3 Å². The molecule has 1 saturated heterocycles. The highest BCUT2D eigenvalue weighted by molar-refractivity contribution is 6.51. The van der Waals surface area contributed by atoms with E-state index in [1.54, 1.807) is 43.3 Å². The molecular weight excluding hydrogens is 469 g/mol. The number of Topliss-reactive ketones (excluding diaryl/α,β-unsaturated/α-hetero) is 1. The zero-order valence-corrected chi connectivity index (χ0v) is 19.4. The summed E-state index contributed by atoms with van der Waals surface area (Å²) < 4.78 is 16.4. The number of amides is 1. The normalized spacial score (nSPS) is 17.5. The van der Waals surface area contributed by atoms with Gasteiger partial charge in [-0.3, -0.25) is 14.5 Å². The lowest BCUT2D eigenvalue weighted by Gasteiger charge is -2.23. The van der Waals surface area contributed by atoms with Gasteiger partial charge in [0.05, 0.1) is 30.4 Å². The van der Waals surface area contributed by atoms with Gasteiger partial charge in [-0.25, -0.2) is 0 Å². The second kappa shape index (κ2) is 8.84. The van der Waals surface area contributed by atoms with Crippen molar-refractivity contribution in [1.29, 1.82) is 0 Å². The molecule has 1 aliphatic heterocycles. The molecule has 1 aliphatic rings. The third kappa shape index (κ3) is 3.94. The fourth-order valence-corrected chi connectivity index (χ4v) is 4.13. The zero-order valence-electron chi connectivity index (χ0n) is 17.9. The molecule has 2 heterocycles. The number of halogens is 2. The standard InChI is InChI=1S/C24H19Cl2NO6/c1-12-4-9-17(33-12)21-20(22(28)15-10-16(26)19(32-3)11-18(15)31-2)23(29)24(30)27(21)14-7-5-13(25)6-8-14/h4-11,21,28H,1-3H3/b22-20+. The molecule has 4 rings (SSSR count). The Balaban J connectivity index is 1.97. The summed E-state index contributed by atoms with van der Waals surface area (Å²) in [5.41, 5.74) is 0.383. The van der Waals surface area contributed by atoms with Gasteiger partial charge in [-0.1, -0.05) is 23.2 Å². The number of hydrogen-bond donors (Lipinski definition) is 1. The van der Waals surface area contributed by atoms with Crippen molar-refractivity contribution in [3.05, 3.63) is 81.2 Å². The van der Waals surface area contributed by atoms with Gasteiger partial charge in [0.15, 0.2) is 0 Å². The Hall–Kier alpha value is -3.42. The molecule has 1 atom stereocenters. The molecule has 7 nitrogen and oxygen atoms in total. The molecule has 0 saturated carbocycles. The van der Waals surface area contributed by atoms with Crippen LogP contribution in [0.4, 0.5) is 5.69 Å². The molecule has 0 bridgehead atoms. The molecule has 1 unspecified atom stereocenters. The first-order valence-corrected chi connectivity index (χ1v) is 10.6. The van der Waals surface area contributed by atoms with Gasteiger partial charge in [-0.2, -0.15) is 0 Å². The summed E-state index contributed by atoms with van der Waals surface area (Å²) in [4.78, 5) is 27.6. The number of ether oxygens (including phenoxy) is 2. The number of furan rings is 1. The van der Waals surface area contributed by atoms with E-state index < -0.39 is 23.5 Å². The van der Waals surface area contributed by atoms with Gasteiger partial charge >= 0.3 is 0 Å². The van der Waals surface area contributed by atoms with E-state index in [4.69, 9.17) is 37.1 Å². The van der Waals surface area contributed by atoms with E-state index in [0.29, 0.717) is 28.0 Å². The van der Waals surface area contributed by atoms with E-state index in [1.807, 2.05) is 0 Å². The summed E-state index contributed by atoms with van der Waals surface area (Å²) in [5, 5.41) is 12.0. The Labute approximate surface area is 199 Å². The fraction of sp³-hybridized carbons (Fsp3) is 0.167. The SMILES string of the molecule is COc1cc(OC)c(/C(O)=C2\C(=O)C(=O)N(c3ccc(Cl)cc3)C2c2ccc(C)o2)cc1Cl. The highest BCUT2D eigenvalue weighted by Crippen LogP contribution is 2.45. The van der Waals surface area contributed by atoms with Gasteiger partial charge in [-0.05, 0) is 49.4 Å². The lowest BCUT2D eigenvalue weighted by Crippen LogP contribution is -2.29. The number of carbonyl (C=O) groups is 2. The van der Waals surface area contributed by atoms with Gasteiger partial charge in [0.1, 0.15) is 34.8 Å². The quantitative estimate of drug-likeness (QED) is 0.288. The van der Waals surface area contributed by atoms with Crippen molar-refractivity contribution in [1.82, 2.24) is 0 Å². The van der Waals surface area contributed by atoms with E-state index in [-0.39, 0.29) is 21.9 Å². The fourth-order valence-electron chi connectivity index (χ4n) is 3.76. The first-order valence-electron chi connectivity index (χ1n) is 9.81. The van der Waals surface area contributed by atoms with Crippen LogP contribution in [0.25, 0.3) is 5.76 Å². The predicted octanol–water partition coefficient (Wildman–Crippen LogP) is 5.54. The number of carbonyl (C=O) groups excluding carboxylic acids is 2. The number of aliphatic hydroxyl groups excluding tert-OH is 1. The Morgan fingerprint density at radius 1 is 1.00 bits per heavy atom. The number of methoxy groups -OCH3 is 2. The zero-order chi connectivity index (χ0) is 23.9. The molecule has 0 spiro atoms. The first-order chi connectivity index (χ1) is 15.8. The van der Waals surface area contributed by atoms with Gasteiger partial charge in [0.25, 0.3) is 11.7 Å². The van der Waals surface area contributed by atoms with Crippen LogP contribution < -0.4 is 14.4 Å². The maximum atomic E-state index is 13.2. The number of benzene rings is 2. The Kier molecular flexibility index (Phi) is 6.10. The van der Waals surface area contributed by atoms with Crippen LogP contribution >= 0.6 is 23.2 Å². The highest BCUT2D eigenvalue weighted by Gasteiger charge is 2.48. The van der Waals surface area contributed by atoms with Crippen LogP contribution in [0.15, 0.2) is 58.5 Å². The van der Waals surface area contributed by atoms with Crippen LogP contribution in [0.5, 0.6) is 11.5 Å². The second-order valence-corrected chi connectivity index (χ2v) is 8.12. The number of aliphatic hydroxyl groups is 1. The molecule has 33 heavy (non-hydrogen) atoms. The molecule has 9 heteroatoms. The minimum Gasteiger partial charge on any atom is -0.507 e. The molecule has 2 aromatic carbocycles. The van der Waals surface area contributed by atoms with Gasteiger partial charge < -0.3 is 19.0 Å². The smallest absolute Gasteiger partial charge is 0.300 e. The summed E-state index contributed by atoms with van der Waals surface area (Å²) in [7, 11) is 2.84. The average molecular weight is 488 g/mol. The second-order valence-electron chi connectivity index (χ2n) is 7.28. The van der Waals surface area contributed by atoms with Crippen molar-refractivity contribution in [3.63, 3.8) is 0 Å². The number of aryl methyl sites for hydroxylation is 1. The van der Waals surface area contributed by atoms with E-state index >= 15 is 0 Å². The van der Waals surface area contributed by atoms with Crippen LogP contribution in [0.2, 0.25) is 10.0 Å². The summed E-state index contributed by atoms with van der Waals surface area (Å²) in [5.74, 6) is -0.735. The number of anilines is 1. The maximum absolute atomic E-state index is 13.2. The number of ketones is 1. The molecule has 1 fully saturated rings. The molecule has 1 N–H and O–H groups in total. The van der Waals surface area contributed by atoms with Crippen molar-refractivity contribution in [2.75, 3.05) is 19.1 Å². The minimum atomic E-state index is -1.02. The Morgan fingerprint density at radius 3 is 2.24 bits per heavy atom. The lowest BCUT2D eigenvalue weighted by molar-refractivity contribution is -0.132. The van der Waals surface area contributed by atoms with Crippen molar-refractivity contribution in [2.45, 2.75) is 13.0 Å². The topological polar surface area (TPSA) is 89.2 Å². The maximum Gasteiger partial charge on any atom is 0.300 e. The Morgan fingerprint density at radius 2 is 1.67 bits per heavy atom. The molecule has 0 radical (unpaired) electrons. The Bertz CT molecular complexity index is 1280. The first kappa shape index (κ1) is 22.8. The molecule has 170 valence electrons. The van der Waals surface area contributed by atoms with Crippen LogP contribution in [-0.2, 0) is 9.59 Å². The molecule has 0 aliphatic carbocycles. The molecule has 3 aromatic rings. The summed E-state index contributed by atoms with van der Waals surface area (Å²) in [6.07, 6.45) is 0. The van der Waals surface area contributed by atoms with Gasteiger partial charge in [0, 0.05) is 16.8 Å². The monoisotopic (exact) mass is 487 g/mol. The predicted molar refractivity (Wildman–Crippen MR) is 124 cm³/mol. The molecule has 1 aromatic heterocycles. The van der Waals surface area contributed by atoms with Gasteiger partial charge in [0.2, 0.25) is 0 Å². The van der Waals surface area contributed by atoms with Crippen LogP contribution in [0.1, 0.15) is 23.1 Å². The third-order valence-electron chi connectivity index (χ3n) is 5.31. The van der Waals surface area contributed by atoms with Crippen molar-refractivity contribution in [2.24, 2.45) is 0 Å². The number of nitrogens with zero attached hydrogens (tertiary/aromatic N) is 1. The lowest BCUT2D eigenvalue weighted by atomic mass is 9.98. The molecule has 1 amide bonds. The third-order valence-corrected chi connectivity index (χ3v) is 5.86. The van der Waals surface area contributed by atoms with E-state index in [2.05, 4.69) is 0 Å². The average Bonchev–Trinajstić information content (AvgIpc) is 3.34. The van der Waals surface area contributed by atoms with Crippen LogP contribution in [0, 0.1) is 6.92 Å².